The van der Waals surface area contributed by atoms with Crippen molar-refractivity contribution in [1.82, 2.24) is 5.32 Å². The topological polar surface area (TPSA) is 67.4 Å². The number of carbonyl (C=O) groups excluding carboxylic acids is 2. The van der Waals surface area contributed by atoms with Crippen LogP contribution in [0.4, 0.5) is 5.69 Å². The van der Waals surface area contributed by atoms with Crippen molar-refractivity contribution in [3.05, 3.63) is 91.1 Å². The molecular weight excluding hydrogens is 352 g/mol. The summed E-state index contributed by atoms with van der Waals surface area (Å²) in [5.41, 5.74) is 2.18. The summed E-state index contributed by atoms with van der Waals surface area (Å²) >= 11 is 0. The molecule has 0 atom stereocenters. The molecule has 5 heteroatoms. The van der Waals surface area contributed by atoms with E-state index in [1.54, 1.807) is 24.3 Å². The zero-order valence-corrected chi connectivity index (χ0v) is 15.9. The summed E-state index contributed by atoms with van der Waals surface area (Å²) in [5, 5.41) is 5.47. The van der Waals surface area contributed by atoms with Gasteiger partial charge in [-0.05, 0) is 31.2 Å². The summed E-state index contributed by atoms with van der Waals surface area (Å²) in [5.74, 6) is 0.847. The van der Waals surface area contributed by atoms with Crippen molar-refractivity contribution in [2.75, 3.05) is 11.9 Å². The van der Waals surface area contributed by atoms with Gasteiger partial charge in [0, 0.05) is 30.3 Å². The minimum absolute atomic E-state index is 0.146. The highest BCUT2D eigenvalue weighted by molar-refractivity contribution is 5.97. The largest absolute Gasteiger partial charge is 0.457 e. The Morgan fingerprint density at radius 2 is 1.82 bits per heavy atom. The number of amides is 2. The molecule has 2 N–H and O–H groups in total. The Bertz CT molecular complexity index is 883. The molecule has 0 heterocycles. The van der Waals surface area contributed by atoms with Crippen molar-refractivity contribution >= 4 is 17.5 Å². The lowest BCUT2D eigenvalue weighted by molar-refractivity contribution is -0.117. The first-order valence-corrected chi connectivity index (χ1v) is 8.89. The lowest BCUT2D eigenvalue weighted by Gasteiger charge is -2.10. The molecule has 28 heavy (non-hydrogen) atoms. The van der Waals surface area contributed by atoms with E-state index in [4.69, 9.17) is 4.74 Å². The summed E-state index contributed by atoms with van der Waals surface area (Å²) in [6, 6.07) is 14.9. The van der Waals surface area contributed by atoms with Crippen LogP contribution in [0.3, 0.4) is 0 Å². The third-order valence-corrected chi connectivity index (χ3v) is 3.79. The number of hydrogen-bond donors (Lipinski definition) is 2. The molecule has 0 spiro atoms. The number of rotatable bonds is 9. The van der Waals surface area contributed by atoms with Crippen molar-refractivity contribution in [3.63, 3.8) is 0 Å². The molecule has 0 aliphatic carbocycles. The fraction of sp³-hybridized carbons (Fsp3) is 0.130. The monoisotopic (exact) mass is 376 g/mol. The summed E-state index contributed by atoms with van der Waals surface area (Å²) in [7, 11) is 0. The van der Waals surface area contributed by atoms with E-state index in [2.05, 4.69) is 23.8 Å². The van der Waals surface area contributed by atoms with Crippen molar-refractivity contribution in [3.8, 4) is 11.5 Å². The molecular formula is C23H24N2O3. The van der Waals surface area contributed by atoms with Crippen LogP contribution in [0.1, 0.15) is 12.0 Å². The number of hydrogen-bond acceptors (Lipinski definition) is 3. The van der Waals surface area contributed by atoms with E-state index in [0.29, 0.717) is 17.0 Å². The molecule has 5 nitrogen and oxygen atoms in total. The Hall–Kier alpha value is -3.60. The Morgan fingerprint density at radius 1 is 1.07 bits per heavy atom. The second kappa shape index (κ2) is 10.5. The van der Waals surface area contributed by atoms with E-state index >= 15 is 0 Å². The quantitative estimate of drug-likeness (QED) is 0.499. The predicted octanol–water partition coefficient (Wildman–Crippen LogP) is 4.53. The summed E-state index contributed by atoms with van der Waals surface area (Å²) in [4.78, 5) is 24.0. The third-order valence-electron chi connectivity index (χ3n) is 3.79. The number of carbonyl (C=O) groups is 2. The average Bonchev–Trinajstić information content (AvgIpc) is 2.68. The van der Waals surface area contributed by atoms with Crippen molar-refractivity contribution in [2.45, 2.75) is 13.3 Å². The normalized spacial score (nSPS) is 10.7. The number of benzene rings is 2. The van der Waals surface area contributed by atoms with Gasteiger partial charge in [-0.3, -0.25) is 9.59 Å². The van der Waals surface area contributed by atoms with E-state index < -0.39 is 0 Å². The maximum Gasteiger partial charge on any atom is 0.251 e. The zero-order chi connectivity index (χ0) is 20.4. The molecule has 0 bridgehead atoms. The molecule has 0 saturated carbocycles. The predicted molar refractivity (Wildman–Crippen MR) is 112 cm³/mol. The molecule has 0 aliphatic rings. The molecule has 0 aliphatic heterocycles. The molecule has 2 rings (SSSR count). The highest BCUT2D eigenvalue weighted by Crippen LogP contribution is 2.24. The van der Waals surface area contributed by atoms with Crippen LogP contribution in [0.15, 0.2) is 85.5 Å². The first-order valence-electron chi connectivity index (χ1n) is 8.89. The summed E-state index contributed by atoms with van der Waals surface area (Å²) in [6.45, 7) is 9.34. The molecule has 2 aromatic carbocycles. The molecule has 0 fully saturated rings. The van der Waals surface area contributed by atoms with E-state index in [0.717, 1.165) is 11.3 Å². The van der Waals surface area contributed by atoms with Crippen molar-refractivity contribution < 1.29 is 14.3 Å². The van der Waals surface area contributed by atoms with Crippen LogP contribution in [-0.4, -0.2) is 18.4 Å². The molecule has 0 unspecified atom stereocenters. The van der Waals surface area contributed by atoms with E-state index in [1.165, 1.54) is 12.2 Å². The standard InChI is InChI=1S/C23H24N2O3/c1-4-7-18(5-2)23(27)24-15-14-22(26)25-19-8-6-9-21(16-19)28-20-12-10-17(3)11-13-20/h4-13,16H,1-2,14-15H2,3H3,(H,24,27)(H,25,26)/b18-7+. The van der Waals surface area contributed by atoms with Gasteiger partial charge in [0.25, 0.3) is 5.91 Å². The molecule has 2 amide bonds. The SMILES string of the molecule is C=C/C=C(\C=C)C(=O)NCCC(=O)Nc1cccc(Oc2ccc(C)cc2)c1. The minimum Gasteiger partial charge on any atom is -0.457 e. The number of ether oxygens (including phenoxy) is 1. The smallest absolute Gasteiger partial charge is 0.251 e. The number of aryl methyl sites for hydroxylation is 1. The lowest BCUT2D eigenvalue weighted by atomic mass is 10.2. The molecule has 2 aromatic rings. The van der Waals surface area contributed by atoms with Crippen LogP contribution in [0.25, 0.3) is 0 Å². The van der Waals surface area contributed by atoms with Crippen LogP contribution < -0.4 is 15.4 Å². The van der Waals surface area contributed by atoms with Crippen LogP contribution in [0.5, 0.6) is 11.5 Å². The van der Waals surface area contributed by atoms with E-state index in [9.17, 15) is 9.59 Å². The molecule has 0 radical (unpaired) electrons. The fourth-order valence-corrected chi connectivity index (χ4v) is 2.36. The Morgan fingerprint density at radius 3 is 2.50 bits per heavy atom. The fourth-order valence-electron chi connectivity index (χ4n) is 2.36. The highest BCUT2D eigenvalue weighted by Gasteiger charge is 2.07. The molecule has 0 aromatic heterocycles. The summed E-state index contributed by atoms with van der Waals surface area (Å²) in [6.07, 6.45) is 4.65. The van der Waals surface area contributed by atoms with Gasteiger partial charge in [-0.1, -0.05) is 55.1 Å². The number of allylic oxidation sites excluding steroid dienone is 2. The maximum atomic E-state index is 12.1. The van der Waals surface area contributed by atoms with Crippen LogP contribution in [-0.2, 0) is 9.59 Å². The van der Waals surface area contributed by atoms with Crippen molar-refractivity contribution in [2.24, 2.45) is 0 Å². The second-order valence-electron chi connectivity index (χ2n) is 6.06. The number of anilines is 1. The molecule has 0 saturated heterocycles. The third kappa shape index (κ3) is 6.61. The van der Waals surface area contributed by atoms with Crippen molar-refractivity contribution in [1.29, 1.82) is 0 Å². The van der Waals surface area contributed by atoms with Gasteiger partial charge >= 0.3 is 0 Å². The van der Waals surface area contributed by atoms with E-state index in [1.807, 2.05) is 37.3 Å². The summed E-state index contributed by atoms with van der Waals surface area (Å²) < 4.78 is 5.80. The van der Waals surface area contributed by atoms with Crippen LogP contribution in [0.2, 0.25) is 0 Å². The average molecular weight is 376 g/mol. The maximum absolute atomic E-state index is 12.1. The minimum atomic E-state index is -0.295. The number of nitrogens with one attached hydrogen (secondary N) is 2. The Kier molecular flexibility index (Phi) is 7.78. The van der Waals surface area contributed by atoms with Gasteiger partial charge in [0.15, 0.2) is 0 Å². The van der Waals surface area contributed by atoms with Gasteiger partial charge < -0.3 is 15.4 Å². The first-order chi connectivity index (χ1) is 13.5. The van der Waals surface area contributed by atoms with Gasteiger partial charge in [-0.2, -0.15) is 0 Å². The van der Waals surface area contributed by atoms with Gasteiger partial charge in [-0.25, -0.2) is 0 Å². The van der Waals surface area contributed by atoms with Gasteiger partial charge in [0.1, 0.15) is 11.5 Å². The second-order valence-corrected chi connectivity index (χ2v) is 6.06. The first kappa shape index (κ1) is 20.7. The zero-order valence-electron chi connectivity index (χ0n) is 15.9. The van der Waals surface area contributed by atoms with E-state index in [-0.39, 0.29) is 24.8 Å². The van der Waals surface area contributed by atoms with Crippen LogP contribution in [0, 0.1) is 6.92 Å². The lowest BCUT2D eigenvalue weighted by Crippen LogP contribution is -2.28. The highest BCUT2D eigenvalue weighted by atomic mass is 16.5. The van der Waals surface area contributed by atoms with Gasteiger partial charge in [0.2, 0.25) is 5.91 Å². The van der Waals surface area contributed by atoms with Gasteiger partial charge in [-0.15, -0.1) is 0 Å². The Balaban J connectivity index is 1.86. The Labute approximate surface area is 165 Å². The molecule has 144 valence electrons. The van der Waals surface area contributed by atoms with Crippen LogP contribution >= 0.6 is 0 Å². The van der Waals surface area contributed by atoms with Gasteiger partial charge in [0.05, 0.1) is 0 Å².